The van der Waals surface area contributed by atoms with E-state index in [1.54, 1.807) is 0 Å². The van der Waals surface area contributed by atoms with Crippen LogP contribution in [0.25, 0.3) is 0 Å². The van der Waals surface area contributed by atoms with Gasteiger partial charge < -0.3 is 5.32 Å². The minimum atomic E-state index is -0.481. The number of hydrogen-bond acceptors (Lipinski definition) is 1. The number of nitrogens with one attached hydrogen (secondary N) is 1. The number of hydrogen-bond donors (Lipinski definition) is 1. The van der Waals surface area contributed by atoms with Crippen molar-refractivity contribution in [2.75, 3.05) is 5.32 Å². The lowest BCUT2D eigenvalue weighted by molar-refractivity contribution is -0.120. The first kappa shape index (κ1) is 12.1. The summed E-state index contributed by atoms with van der Waals surface area (Å²) in [7, 11) is 0. The second-order valence-corrected chi connectivity index (χ2v) is 4.51. The van der Waals surface area contributed by atoms with Gasteiger partial charge in [0.2, 0.25) is 5.91 Å². The van der Waals surface area contributed by atoms with E-state index in [-0.39, 0.29) is 16.8 Å². The summed E-state index contributed by atoms with van der Waals surface area (Å²) >= 11 is 5.65. The third kappa shape index (κ3) is 3.07. The van der Waals surface area contributed by atoms with E-state index in [1.807, 2.05) is 6.08 Å². The van der Waals surface area contributed by atoms with Crippen molar-refractivity contribution in [3.05, 3.63) is 41.2 Å². The first-order valence-corrected chi connectivity index (χ1v) is 5.95. The summed E-state index contributed by atoms with van der Waals surface area (Å²) in [5, 5.41) is 2.78. The Morgan fingerprint density at radius 3 is 2.88 bits per heavy atom. The van der Waals surface area contributed by atoms with Crippen molar-refractivity contribution in [3.8, 4) is 0 Å². The molecule has 0 aliphatic heterocycles. The molecule has 1 aliphatic rings. The molecule has 2 rings (SSSR count). The second kappa shape index (κ2) is 5.32. The number of amides is 1. The Morgan fingerprint density at radius 1 is 1.41 bits per heavy atom. The van der Waals surface area contributed by atoms with E-state index in [2.05, 4.69) is 11.4 Å². The van der Waals surface area contributed by atoms with Gasteiger partial charge in [0, 0.05) is 11.6 Å². The zero-order chi connectivity index (χ0) is 12.3. The highest BCUT2D eigenvalue weighted by Crippen LogP contribution is 2.23. The first-order chi connectivity index (χ1) is 8.16. The highest BCUT2D eigenvalue weighted by atomic mass is 35.5. The van der Waals surface area contributed by atoms with Crippen molar-refractivity contribution in [1.82, 2.24) is 0 Å². The van der Waals surface area contributed by atoms with E-state index in [0.717, 1.165) is 19.3 Å². The number of carbonyl (C=O) groups excluding carboxylic acids is 1. The maximum Gasteiger partial charge on any atom is 0.227 e. The maximum absolute atomic E-state index is 12.9. The van der Waals surface area contributed by atoms with Gasteiger partial charge in [-0.2, -0.15) is 0 Å². The van der Waals surface area contributed by atoms with Gasteiger partial charge >= 0.3 is 0 Å². The van der Waals surface area contributed by atoms with Crippen LogP contribution in [0.15, 0.2) is 30.4 Å². The molecule has 0 saturated carbocycles. The van der Waals surface area contributed by atoms with E-state index in [9.17, 15) is 9.18 Å². The van der Waals surface area contributed by atoms with Gasteiger partial charge in [0.1, 0.15) is 5.82 Å². The molecule has 0 bridgehead atoms. The first-order valence-electron chi connectivity index (χ1n) is 5.58. The molecule has 4 heteroatoms. The SMILES string of the molecule is O=C(Nc1ccc(F)c(Cl)c1)[C@@H]1CC=CCC1. The van der Waals surface area contributed by atoms with Crippen LogP contribution in [0.4, 0.5) is 10.1 Å². The molecule has 0 unspecified atom stereocenters. The lowest BCUT2D eigenvalue weighted by Crippen LogP contribution is -2.23. The number of anilines is 1. The molecular weight excluding hydrogens is 241 g/mol. The highest BCUT2D eigenvalue weighted by molar-refractivity contribution is 6.31. The van der Waals surface area contributed by atoms with Crippen LogP contribution in [-0.2, 0) is 4.79 Å². The second-order valence-electron chi connectivity index (χ2n) is 4.10. The summed E-state index contributed by atoms with van der Waals surface area (Å²) in [4.78, 5) is 11.9. The van der Waals surface area contributed by atoms with Crippen LogP contribution in [0.1, 0.15) is 19.3 Å². The average molecular weight is 254 g/mol. The largest absolute Gasteiger partial charge is 0.326 e. The minimum absolute atomic E-state index is 0.00354. The molecule has 0 heterocycles. The monoisotopic (exact) mass is 253 g/mol. The molecule has 2 nitrogen and oxygen atoms in total. The Bertz CT molecular complexity index is 459. The van der Waals surface area contributed by atoms with Gasteiger partial charge in [0.25, 0.3) is 0 Å². The fourth-order valence-electron chi connectivity index (χ4n) is 1.85. The number of carbonyl (C=O) groups is 1. The van der Waals surface area contributed by atoms with E-state index < -0.39 is 5.82 Å². The molecule has 1 aromatic rings. The van der Waals surface area contributed by atoms with E-state index >= 15 is 0 Å². The molecule has 1 amide bonds. The summed E-state index contributed by atoms with van der Waals surface area (Å²) in [6.45, 7) is 0. The van der Waals surface area contributed by atoms with Crippen molar-refractivity contribution in [3.63, 3.8) is 0 Å². The molecule has 1 N–H and O–H groups in total. The quantitative estimate of drug-likeness (QED) is 0.799. The predicted molar refractivity (Wildman–Crippen MR) is 66.5 cm³/mol. The van der Waals surface area contributed by atoms with Crippen LogP contribution in [0.5, 0.6) is 0 Å². The minimum Gasteiger partial charge on any atom is -0.326 e. The van der Waals surface area contributed by atoms with Crippen LogP contribution < -0.4 is 5.32 Å². The zero-order valence-corrected chi connectivity index (χ0v) is 10.0. The van der Waals surface area contributed by atoms with Crippen molar-refractivity contribution in [2.24, 2.45) is 5.92 Å². The van der Waals surface area contributed by atoms with Gasteiger partial charge in [-0.05, 0) is 37.5 Å². The molecule has 1 aromatic carbocycles. The smallest absolute Gasteiger partial charge is 0.227 e. The van der Waals surface area contributed by atoms with E-state index in [0.29, 0.717) is 5.69 Å². The van der Waals surface area contributed by atoms with E-state index in [4.69, 9.17) is 11.6 Å². The lowest BCUT2D eigenvalue weighted by Gasteiger charge is -2.17. The molecule has 0 radical (unpaired) electrons. The normalized spacial score (nSPS) is 19.1. The van der Waals surface area contributed by atoms with Crippen molar-refractivity contribution >= 4 is 23.2 Å². The van der Waals surface area contributed by atoms with Gasteiger partial charge in [-0.3, -0.25) is 4.79 Å². The zero-order valence-electron chi connectivity index (χ0n) is 9.25. The Hall–Kier alpha value is -1.35. The Morgan fingerprint density at radius 2 is 2.24 bits per heavy atom. The Kier molecular flexibility index (Phi) is 3.79. The maximum atomic E-state index is 12.9. The number of benzene rings is 1. The van der Waals surface area contributed by atoms with Crippen LogP contribution in [0.2, 0.25) is 5.02 Å². The highest BCUT2D eigenvalue weighted by Gasteiger charge is 2.18. The van der Waals surface area contributed by atoms with Crippen molar-refractivity contribution in [1.29, 1.82) is 0 Å². The van der Waals surface area contributed by atoms with Crippen molar-refractivity contribution < 1.29 is 9.18 Å². The Balaban J connectivity index is 2.02. The van der Waals surface area contributed by atoms with Crippen LogP contribution in [0.3, 0.4) is 0 Å². The van der Waals surface area contributed by atoms with Gasteiger partial charge in [-0.15, -0.1) is 0 Å². The summed E-state index contributed by atoms with van der Waals surface area (Å²) in [5.41, 5.74) is 0.538. The molecule has 90 valence electrons. The third-order valence-electron chi connectivity index (χ3n) is 2.83. The van der Waals surface area contributed by atoms with Crippen LogP contribution in [-0.4, -0.2) is 5.91 Å². The summed E-state index contributed by atoms with van der Waals surface area (Å²) < 4.78 is 12.9. The van der Waals surface area contributed by atoms with Gasteiger partial charge in [0.05, 0.1) is 5.02 Å². The lowest BCUT2D eigenvalue weighted by atomic mass is 9.93. The van der Waals surface area contributed by atoms with Gasteiger partial charge in [-0.25, -0.2) is 4.39 Å². The molecule has 0 saturated heterocycles. The number of halogens is 2. The predicted octanol–water partition coefficient (Wildman–Crippen LogP) is 3.77. The molecule has 1 aliphatic carbocycles. The number of allylic oxidation sites excluding steroid dienone is 2. The standard InChI is InChI=1S/C13H13ClFNO/c14-11-8-10(6-7-12(11)15)16-13(17)9-4-2-1-3-5-9/h1-2,6-9H,3-5H2,(H,16,17)/t9-/m1/s1. The van der Waals surface area contributed by atoms with Crippen LogP contribution in [0, 0.1) is 11.7 Å². The molecular formula is C13H13ClFNO. The third-order valence-corrected chi connectivity index (χ3v) is 3.12. The topological polar surface area (TPSA) is 29.1 Å². The molecule has 0 aromatic heterocycles. The van der Waals surface area contributed by atoms with Crippen molar-refractivity contribution in [2.45, 2.75) is 19.3 Å². The van der Waals surface area contributed by atoms with Crippen LogP contribution >= 0.6 is 11.6 Å². The molecule has 0 spiro atoms. The Labute approximate surface area is 104 Å². The molecule has 1 atom stereocenters. The fraction of sp³-hybridized carbons (Fsp3) is 0.308. The van der Waals surface area contributed by atoms with Gasteiger partial charge in [0.15, 0.2) is 0 Å². The summed E-state index contributed by atoms with van der Waals surface area (Å²) in [6, 6.07) is 4.18. The van der Waals surface area contributed by atoms with Gasteiger partial charge in [-0.1, -0.05) is 23.8 Å². The molecule has 17 heavy (non-hydrogen) atoms. The van der Waals surface area contributed by atoms with E-state index in [1.165, 1.54) is 18.2 Å². The summed E-state index contributed by atoms with van der Waals surface area (Å²) in [6.07, 6.45) is 6.66. The average Bonchev–Trinajstić information content (AvgIpc) is 2.35. The summed E-state index contributed by atoms with van der Waals surface area (Å²) in [5.74, 6) is -0.508. The molecule has 0 fully saturated rings. The fourth-order valence-corrected chi connectivity index (χ4v) is 2.03. The number of rotatable bonds is 2.